The minimum atomic E-state index is 0.685. The zero-order valence-electron chi connectivity index (χ0n) is 12.5. The SMILES string of the molecule is CCN1CCCC(N2CCCNC(C(C)C)C2)C1. The van der Waals surface area contributed by atoms with Crippen molar-refractivity contribution in [3.05, 3.63) is 0 Å². The number of hydrogen-bond donors (Lipinski definition) is 1. The van der Waals surface area contributed by atoms with Crippen LogP contribution < -0.4 is 5.32 Å². The summed E-state index contributed by atoms with van der Waals surface area (Å²) in [6, 6.07) is 1.49. The van der Waals surface area contributed by atoms with Crippen LogP contribution >= 0.6 is 0 Å². The molecule has 2 heterocycles. The van der Waals surface area contributed by atoms with Crippen LogP contribution in [0.1, 0.15) is 40.0 Å². The van der Waals surface area contributed by atoms with Crippen LogP contribution in [0.3, 0.4) is 0 Å². The highest BCUT2D eigenvalue weighted by Gasteiger charge is 2.28. The second kappa shape index (κ2) is 6.88. The van der Waals surface area contributed by atoms with Crippen LogP contribution in [-0.4, -0.2) is 61.2 Å². The molecule has 18 heavy (non-hydrogen) atoms. The monoisotopic (exact) mass is 253 g/mol. The van der Waals surface area contributed by atoms with Crippen LogP contribution in [0, 0.1) is 5.92 Å². The zero-order valence-corrected chi connectivity index (χ0v) is 12.5. The Labute approximate surface area is 113 Å². The number of nitrogens with zero attached hydrogens (tertiary/aromatic N) is 2. The Kier molecular flexibility index (Phi) is 5.46. The summed E-state index contributed by atoms with van der Waals surface area (Å²) in [6.07, 6.45) is 4.10. The molecule has 2 aliphatic heterocycles. The predicted octanol–water partition coefficient (Wildman–Crippen LogP) is 1.79. The van der Waals surface area contributed by atoms with E-state index in [-0.39, 0.29) is 0 Å². The third-order valence-electron chi connectivity index (χ3n) is 4.71. The fourth-order valence-corrected chi connectivity index (χ4v) is 3.37. The summed E-state index contributed by atoms with van der Waals surface area (Å²) in [5.41, 5.74) is 0. The second-order valence-electron chi connectivity index (χ2n) is 6.34. The molecule has 2 saturated heterocycles. The molecule has 0 bridgehead atoms. The van der Waals surface area contributed by atoms with E-state index in [1.807, 2.05) is 0 Å². The fourth-order valence-electron chi connectivity index (χ4n) is 3.37. The molecule has 2 rings (SSSR count). The van der Waals surface area contributed by atoms with Gasteiger partial charge in [-0.3, -0.25) is 4.90 Å². The lowest BCUT2D eigenvalue weighted by Crippen LogP contribution is -2.51. The Morgan fingerprint density at radius 1 is 1.17 bits per heavy atom. The van der Waals surface area contributed by atoms with Crippen molar-refractivity contribution in [3.63, 3.8) is 0 Å². The zero-order chi connectivity index (χ0) is 13.0. The molecule has 0 aromatic rings. The topological polar surface area (TPSA) is 18.5 Å². The lowest BCUT2D eigenvalue weighted by Gasteiger charge is -2.40. The van der Waals surface area contributed by atoms with Gasteiger partial charge in [-0.05, 0) is 51.4 Å². The minimum absolute atomic E-state index is 0.685. The van der Waals surface area contributed by atoms with Gasteiger partial charge in [0.25, 0.3) is 0 Å². The summed E-state index contributed by atoms with van der Waals surface area (Å²) >= 11 is 0. The quantitative estimate of drug-likeness (QED) is 0.827. The van der Waals surface area contributed by atoms with E-state index in [1.54, 1.807) is 0 Å². The Morgan fingerprint density at radius 3 is 2.72 bits per heavy atom. The van der Waals surface area contributed by atoms with Crippen molar-refractivity contribution >= 4 is 0 Å². The highest BCUT2D eigenvalue weighted by Crippen LogP contribution is 2.19. The molecule has 1 N–H and O–H groups in total. The van der Waals surface area contributed by atoms with Gasteiger partial charge in [-0.25, -0.2) is 0 Å². The van der Waals surface area contributed by atoms with Gasteiger partial charge >= 0.3 is 0 Å². The summed E-state index contributed by atoms with van der Waals surface area (Å²) in [7, 11) is 0. The van der Waals surface area contributed by atoms with Gasteiger partial charge in [-0.15, -0.1) is 0 Å². The molecule has 2 unspecified atom stereocenters. The average Bonchev–Trinajstić information content (AvgIpc) is 2.64. The van der Waals surface area contributed by atoms with E-state index in [9.17, 15) is 0 Å². The molecule has 0 saturated carbocycles. The smallest absolute Gasteiger partial charge is 0.0224 e. The van der Waals surface area contributed by atoms with Crippen LogP contribution in [0.15, 0.2) is 0 Å². The van der Waals surface area contributed by atoms with E-state index in [4.69, 9.17) is 0 Å². The number of piperidine rings is 1. The van der Waals surface area contributed by atoms with Gasteiger partial charge in [-0.1, -0.05) is 20.8 Å². The maximum Gasteiger partial charge on any atom is 0.0224 e. The van der Waals surface area contributed by atoms with Crippen molar-refractivity contribution in [1.29, 1.82) is 0 Å². The maximum absolute atomic E-state index is 3.72. The summed E-state index contributed by atoms with van der Waals surface area (Å²) in [6.45, 7) is 14.6. The van der Waals surface area contributed by atoms with E-state index in [0.29, 0.717) is 6.04 Å². The highest BCUT2D eigenvalue weighted by atomic mass is 15.2. The first-order valence-electron chi connectivity index (χ1n) is 7.90. The first kappa shape index (κ1) is 14.3. The lowest BCUT2D eigenvalue weighted by molar-refractivity contribution is 0.0949. The van der Waals surface area contributed by atoms with Gasteiger partial charge in [0.2, 0.25) is 0 Å². The lowest BCUT2D eigenvalue weighted by atomic mass is 10.0. The van der Waals surface area contributed by atoms with E-state index < -0.39 is 0 Å². The van der Waals surface area contributed by atoms with Gasteiger partial charge in [-0.2, -0.15) is 0 Å². The summed E-state index contributed by atoms with van der Waals surface area (Å²) in [5.74, 6) is 0.747. The van der Waals surface area contributed by atoms with Crippen molar-refractivity contribution in [2.75, 3.05) is 39.3 Å². The van der Waals surface area contributed by atoms with Gasteiger partial charge in [0.1, 0.15) is 0 Å². The molecule has 3 nitrogen and oxygen atoms in total. The van der Waals surface area contributed by atoms with E-state index >= 15 is 0 Å². The Morgan fingerprint density at radius 2 is 2.00 bits per heavy atom. The molecule has 0 amide bonds. The molecular formula is C15H31N3. The second-order valence-corrected chi connectivity index (χ2v) is 6.34. The molecule has 0 aromatic heterocycles. The van der Waals surface area contributed by atoms with Crippen LogP contribution in [0.4, 0.5) is 0 Å². The molecule has 2 atom stereocenters. The third-order valence-corrected chi connectivity index (χ3v) is 4.71. The number of nitrogens with one attached hydrogen (secondary N) is 1. The molecule has 106 valence electrons. The van der Waals surface area contributed by atoms with E-state index in [1.165, 1.54) is 58.5 Å². The molecule has 0 spiro atoms. The summed E-state index contributed by atoms with van der Waals surface area (Å²) < 4.78 is 0. The van der Waals surface area contributed by atoms with Crippen molar-refractivity contribution in [3.8, 4) is 0 Å². The fraction of sp³-hybridized carbons (Fsp3) is 1.00. The standard InChI is InChI=1S/C15H31N3/c1-4-17-9-5-7-14(11-17)18-10-6-8-16-15(12-18)13(2)3/h13-16H,4-12H2,1-3H3. The van der Waals surface area contributed by atoms with Crippen LogP contribution in [0.5, 0.6) is 0 Å². The van der Waals surface area contributed by atoms with Gasteiger partial charge in [0, 0.05) is 25.2 Å². The summed E-state index contributed by atoms with van der Waals surface area (Å²) in [5, 5.41) is 3.72. The molecular weight excluding hydrogens is 222 g/mol. The molecule has 2 aliphatic rings. The highest BCUT2D eigenvalue weighted by molar-refractivity contribution is 4.86. The summed E-state index contributed by atoms with van der Waals surface area (Å²) in [4.78, 5) is 5.39. The predicted molar refractivity (Wildman–Crippen MR) is 78.0 cm³/mol. The number of likely N-dealkylation sites (tertiary alicyclic amines) is 1. The number of hydrogen-bond acceptors (Lipinski definition) is 3. The van der Waals surface area contributed by atoms with Gasteiger partial charge < -0.3 is 10.2 Å². The minimum Gasteiger partial charge on any atom is -0.312 e. The molecule has 0 radical (unpaired) electrons. The van der Waals surface area contributed by atoms with Crippen LogP contribution in [0.25, 0.3) is 0 Å². The van der Waals surface area contributed by atoms with Gasteiger partial charge in [0.05, 0.1) is 0 Å². The van der Waals surface area contributed by atoms with Crippen molar-refractivity contribution in [2.45, 2.75) is 52.1 Å². The van der Waals surface area contributed by atoms with Crippen LogP contribution in [-0.2, 0) is 0 Å². The van der Waals surface area contributed by atoms with E-state index in [0.717, 1.165) is 12.0 Å². The normalized spacial score (nSPS) is 32.7. The average molecular weight is 253 g/mol. The first-order chi connectivity index (χ1) is 8.70. The van der Waals surface area contributed by atoms with Crippen molar-refractivity contribution < 1.29 is 0 Å². The Bertz CT molecular complexity index is 242. The van der Waals surface area contributed by atoms with Crippen molar-refractivity contribution in [1.82, 2.24) is 15.1 Å². The Hall–Kier alpha value is -0.120. The third kappa shape index (κ3) is 3.69. The molecule has 2 fully saturated rings. The van der Waals surface area contributed by atoms with Crippen molar-refractivity contribution in [2.24, 2.45) is 5.92 Å². The van der Waals surface area contributed by atoms with Gasteiger partial charge in [0.15, 0.2) is 0 Å². The van der Waals surface area contributed by atoms with Crippen LogP contribution in [0.2, 0.25) is 0 Å². The Balaban J connectivity index is 1.93. The maximum atomic E-state index is 3.72. The number of rotatable bonds is 3. The largest absolute Gasteiger partial charge is 0.312 e. The molecule has 0 aromatic carbocycles. The van der Waals surface area contributed by atoms with E-state index in [2.05, 4.69) is 35.9 Å². The number of likely N-dealkylation sites (N-methyl/N-ethyl adjacent to an activating group) is 1. The first-order valence-corrected chi connectivity index (χ1v) is 7.90. The molecule has 3 heteroatoms. The molecule has 0 aliphatic carbocycles.